The Kier molecular flexibility index (Phi) is 6.58. The summed E-state index contributed by atoms with van der Waals surface area (Å²) in [5, 5.41) is 14.6. The molecule has 0 saturated carbocycles. The van der Waals surface area contributed by atoms with Gasteiger partial charge in [0.15, 0.2) is 28.1 Å². The number of aromatic nitrogens is 2. The third-order valence-corrected chi connectivity index (χ3v) is 9.06. The Morgan fingerprint density at radius 1 is 1.09 bits per heavy atom. The number of H-pyrrole nitrogens is 1. The number of nitrogens with zero attached hydrogens (tertiary/aromatic N) is 4. The second-order valence-electron chi connectivity index (χ2n) is 12.1. The van der Waals surface area contributed by atoms with Gasteiger partial charge in [-0.2, -0.15) is 0 Å². The third-order valence-electron chi connectivity index (χ3n) is 9.06. The molecule has 2 fully saturated rings. The first-order chi connectivity index (χ1) is 22.2. The molecule has 4 N–H and O–H groups in total. The van der Waals surface area contributed by atoms with Crippen molar-refractivity contribution in [3.8, 4) is 0 Å². The average molecular weight is 628 g/mol. The first kappa shape index (κ1) is 28.3. The molecule has 2 aliphatic rings. The number of anilines is 1. The van der Waals surface area contributed by atoms with Gasteiger partial charge in [-0.15, -0.1) is 0 Å². The van der Waals surface area contributed by atoms with Crippen LogP contribution in [0.3, 0.4) is 0 Å². The summed E-state index contributed by atoms with van der Waals surface area (Å²) in [6, 6.07) is 8.57. The number of fused-ring (bicyclic) bond motifs is 4. The number of nitrogens with one attached hydrogen (secondary N) is 2. The van der Waals surface area contributed by atoms with Gasteiger partial charge in [0, 0.05) is 56.6 Å². The number of hydrogen-bond acceptors (Lipinski definition) is 9. The Bertz CT molecular complexity index is 2310. The second-order valence-corrected chi connectivity index (χ2v) is 12.1. The predicted molar refractivity (Wildman–Crippen MR) is 171 cm³/mol. The number of nitrogens with two attached hydrogens (primary N) is 1. The minimum absolute atomic E-state index is 0.00433. The number of amides is 1. The Hall–Kier alpha value is -5.21. The SMILES string of the molecule is N[C@H]1CCN(C(=O)c2cn3c4cc5oc6cc([N+](=O)[O-])ccc6[nH]c5cc4oc4c(NCCN5CCCC5)c(F)cc(c2=O)c43)C1. The molecule has 2 aliphatic heterocycles. The molecular formula is C32H30FN7O6. The van der Waals surface area contributed by atoms with Crippen LogP contribution in [-0.4, -0.2) is 75.3 Å². The van der Waals surface area contributed by atoms with E-state index in [1.54, 1.807) is 22.6 Å². The van der Waals surface area contributed by atoms with Crippen molar-refractivity contribution in [1.82, 2.24) is 19.2 Å². The number of likely N-dealkylation sites (tertiary alicyclic amines) is 2. The molecule has 14 heteroatoms. The Balaban J connectivity index is 1.37. The molecule has 3 aromatic heterocycles. The van der Waals surface area contributed by atoms with Crippen molar-refractivity contribution < 1.29 is 22.9 Å². The summed E-state index contributed by atoms with van der Waals surface area (Å²) in [6.45, 7) is 3.90. The Labute approximate surface area is 259 Å². The van der Waals surface area contributed by atoms with Gasteiger partial charge in [0.25, 0.3) is 11.6 Å². The molecule has 6 aromatic rings. The smallest absolute Gasteiger partial charge is 0.273 e. The first-order valence-corrected chi connectivity index (χ1v) is 15.3. The van der Waals surface area contributed by atoms with Crippen LogP contribution < -0.4 is 16.5 Å². The minimum Gasteiger partial charge on any atom is -0.453 e. The molecule has 0 unspecified atom stereocenters. The molecule has 13 nitrogen and oxygen atoms in total. The van der Waals surface area contributed by atoms with E-state index in [0.29, 0.717) is 59.3 Å². The number of benzene rings is 3. The van der Waals surface area contributed by atoms with E-state index in [2.05, 4.69) is 15.2 Å². The van der Waals surface area contributed by atoms with Gasteiger partial charge in [-0.05, 0) is 44.5 Å². The first-order valence-electron chi connectivity index (χ1n) is 15.3. The van der Waals surface area contributed by atoms with Crippen LogP contribution in [0.25, 0.3) is 49.8 Å². The summed E-state index contributed by atoms with van der Waals surface area (Å²) in [7, 11) is 0. The molecule has 1 atom stereocenters. The van der Waals surface area contributed by atoms with Crippen molar-refractivity contribution in [2.75, 3.05) is 44.6 Å². The topological polar surface area (TPSA) is 168 Å². The van der Waals surface area contributed by atoms with Gasteiger partial charge in [0.2, 0.25) is 5.43 Å². The number of pyridine rings is 1. The second kappa shape index (κ2) is 10.7. The van der Waals surface area contributed by atoms with E-state index >= 15 is 4.39 Å². The molecule has 0 bridgehead atoms. The van der Waals surface area contributed by atoms with E-state index in [0.717, 1.165) is 38.5 Å². The van der Waals surface area contributed by atoms with Crippen LogP contribution in [0.4, 0.5) is 15.8 Å². The van der Waals surface area contributed by atoms with Crippen molar-refractivity contribution in [1.29, 1.82) is 0 Å². The number of non-ortho nitro benzene ring substituents is 1. The summed E-state index contributed by atoms with van der Waals surface area (Å²) in [4.78, 5) is 45.4. The summed E-state index contributed by atoms with van der Waals surface area (Å²) in [5.74, 6) is -1.15. The maximum Gasteiger partial charge on any atom is 0.273 e. The van der Waals surface area contributed by atoms with Crippen LogP contribution in [0.5, 0.6) is 0 Å². The Morgan fingerprint density at radius 2 is 1.89 bits per heavy atom. The largest absolute Gasteiger partial charge is 0.453 e. The van der Waals surface area contributed by atoms with Gasteiger partial charge < -0.3 is 39.1 Å². The van der Waals surface area contributed by atoms with Crippen molar-refractivity contribution >= 4 is 67.1 Å². The van der Waals surface area contributed by atoms with Crippen LogP contribution in [0, 0.1) is 15.9 Å². The number of aromatic amines is 1. The number of nitro benzene ring substituents is 1. The van der Waals surface area contributed by atoms with Crippen molar-refractivity contribution in [3.05, 3.63) is 74.3 Å². The molecule has 1 amide bonds. The number of nitro groups is 1. The summed E-state index contributed by atoms with van der Waals surface area (Å²) in [5.41, 5.74) is 8.16. The van der Waals surface area contributed by atoms with Crippen molar-refractivity contribution in [2.24, 2.45) is 5.73 Å². The van der Waals surface area contributed by atoms with E-state index in [-0.39, 0.29) is 39.5 Å². The molecule has 0 aliphatic carbocycles. The van der Waals surface area contributed by atoms with E-state index < -0.39 is 22.1 Å². The van der Waals surface area contributed by atoms with Crippen LogP contribution in [0.2, 0.25) is 0 Å². The highest BCUT2D eigenvalue weighted by atomic mass is 19.1. The molecule has 0 spiro atoms. The van der Waals surface area contributed by atoms with Crippen molar-refractivity contribution in [2.45, 2.75) is 25.3 Å². The van der Waals surface area contributed by atoms with Gasteiger partial charge in [0.1, 0.15) is 16.8 Å². The zero-order valence-corrected chi connectivity index (χ0v) is 24.7. The molecule has 2 saturated heterocycles. The standard InChI is InChI=1S/C32H30FN7O6/c33-21-12-19-29-31(28(21)35-6-10-37-7-1-2-8-37)46-27-13-23-26(45-25-11-18(40(43)44)3-4-22(25)36-23)14-24(27)39(29)16-20(30(19)41)32(42)38-9-5-17(34)15-38/h3-4,11-14,16-17,35-36H,1-2,5-10,15,34H2/t17-/m0/s1. The molecule has 5 heterocycles. The van der Waals surface area contributed by atoms with Gasteiger partial charge >= 0.3 is 0 Å². The number of rotatable bonds is 6. The molecule has 0 radical (unpaired) electrons. The minimum atomic E-state index is -0.668. The van der Waals surface area contributed by atoms with Crippen LogP contribution in [0.15, 0.2) is 56.2 Å². The maximum absolute atomic E-state index is 15.9. The van der Waals surface area contributed by atoms with Crippen LogP contribution >= 0.6 is 0 Å². The highest BCUT2D eigenvalue weighted by Crippen LogP contribution is 2.36. The zero-order valence-electron chi connectivity index (χ0n) is 24.7. The van der Waals surface area contributed by atoms with Crippen LogP contribution in [0.1, 0.15) is 29.6 Å². The van der Waals surface area contributed by atoms with Crippen molar-refractivity contribution in [3.63, 3.8) is 0 Å². The van der Waals surface area contributed by atoms with Gasteiger partial charge in [-0.3, -0.25) is 19.7 Å². The van der Waals surface area contributed by atoms with E-state index in [1.165, 1.54) is 23.2 Å². The average Bonchev–Trinajstić information content (AvgIpc) is 3.73. The summed E-state index contributed by atoms with van der Waals surface area (Å²) >= 11 is 0. The monoisotopic (exact) mass is 627 g/mol. The summed E-state index contributed by atoms with van der Waals surface area (Å²) < 4.78 is 30.0. The van der Waals surface area contributed by atoms with Gasteiger partial charge in [-0.25, -0.2) is 4.39 Å². The normalized spacial score (nSPS) is 17.3. The van der Waals surface area contributed by atoms with E-state index in [4.69, 9.17) is 14.6 Å². The fourth-order valence-electron chi connectivity index (χ4n) is 6.71. The van der Waals surface area contributed by atoms with Gasteiger partial charge in [0.05, 0.1) is 32.9 Å². The lowest BCUT2D eigenvalue weighted by Gasteiger charge is -2.20. The van der Waals surface area contributed by atoms with E-state index in [1.807, 2.05) is 0 Å². The highest BCUT2D eigenvalue weighted by molar-refractivity contribution is 6.07. The van der Waals surface area contributed by atoms with Crippen LogP contribution in [-0.2, 0) is 0 Å². The maximum atomic E-state index is 15.9. The predicted octanol–water partition coefficient (Wildman–Crippen LogP) is 4.72. The molecule has 8 rings (SSSR count). The fourth-order valence-corrected chi connectivity index (χ4v) is 6.71. The highest BCUT2D eigenvalue weighted by Gasteiger charge is 2.29. The van der Waals surface area contributed by atoms with E-state index in [9.17, 15) is 19.7 Å². The fraction of sp³-hybridized carbons (Fsp3) is 0.312. The van der Waals surface area contributed by atoms with Gasteiger partial charge in [-0.1, -0.05) is 0 Å². The molecular weight excluding hydrogens is 597 g/mol. The number of carbonyl (C=O) groups is 1. The zero-order chi connectivity index (χ0) is 31.7. The Morgan fingerprint density at radius 3 is 2.65 bits per heavy atom. The quantitative estimate of drug-likeness (QED) is 0.102. The third kappa shape index (κ3) is 4.60. The number of hydrogen-bond donors (Lipinski definition) is 3. The molecule has 3 aromatic carbocycles. The molecule has 46 heavy (non-hydrogen) atoms. The summed E-state index contributed by atoms with van der Waals surface area (Å²) in [6.07, 6.45) is 4.35. The number of carbonyl (C=O) groups excluding carboxylic acids is 1. The molecule has 236 valence electrons. The lowest BCUT2D eigenvalue weighted by Crippen LogP contribution is -2.35. The lowest BCUT2D eigenvalue weighted by atomic mass is 10.1. The number of halogens is 1. The lowest BCUT2D eigenvalue weighted by molar-refractivity contribution is -0.384.